The quantitative estimate of drug-likeness (QED) is 0.745. The molecule has 1 radical (unpaired) electrons. The summed E-state index contributed by atoms with van der Waals surface area (Å²) in [5.74, 6) is 0.0741. The molecule has 1 aromatic rings. The zero-order chi connectivity index (χ0) is 10.0. The number of hydrogen-bond donors (Lipinski definition) is 0. The predicted octanol–water partition coefficient (Wildman–Crippen LogP) is 2.73. The first-order valence-electron chi connectivity index (χ1n) is 3.94. The van der Waals surface area contributed by atoms with Gasteiger partial charge in [-0.1, -0.05) is 25.4 Å². The Morgan fingerprint density at radius 1 is 1.54 bits per heavy atom. The molecule has 13 heavy (non-hydrogen) atoms. The van der Waals surface area contributed by atoms with E-state index in [9.17, 15) is 8.78 Å². The molecule has 0 spiro atoms. The fourth-order valence-corrected chi connectivity index (χ4v) is 1.50. The van der Waals surface area contributed by atoms with Crippen LogP contribution in [0.15, 0.2) is 0 Å². The minimum Gasteiger partial charge on any atom is -0.261 e. The molecule has 0 saturated carbocycles. The highest BCUT2D eigenvalue weighted by atomic mass is 35.5. The van der Waals surface area contributed by atoms with Crippen molar-refractivity contribution >= 4 is 11.6 Å². The van der Waals surface area contributed by atoms with Crippen molar-refractivity contribution in [1.29, 1.82) is 0 Å². The molecule has 0 aliphatic heterocycles. The molecule has 0 fully saturated rings. The van der Waals surface area contributed by atoms with Gasteiger partial charge in [0, 0.05) is 0 Å². The van der Waals surface area contributed by atoms with E-state index in [2.05, 4.69) is 11.3 Å². The van der Waals surface area contributed by atoms with Crippen LogP contribution >= 0.6 is 11.6 Å². The molecule has 1 aromatic heterocycles. The van der Waals surface area contributed by atoms with Crippen LogP contribution in [0.5, 0.6) is 0 Å². The van der Waals surface area contributed by atoms with Gasteiger partial charge in [-0.2, -0.15) is 5.10 Å². The van der Waals surface area contributed by atoms with Crippen molar-refractivity contribution in [2.45, 2.75) is 32.7 Å². The van der Waals surface area contributed by atoms with Gasteiger partial charge in [0.05, 0.1) is 10.7 Å². The van der Waals surface area contributed by atoms with E-state index in [1.54, 1.807) is 0 Å². The van der Waals surface area contributed by atoms with Crippen molar-refractivity contribution in [3.05, 3.63) is 16.9 Å². The maximum absolute atomic E-state index is 12.1. The Bertz CT molecular complexity index is 284. The van der Waals surface area contributed by atoms with Crippen molar-refractivity contribution in [3.8, 4) is 0 Å². The molecule has 0 aliphatic rings. The Morgan fingerprint density at radius 2 is 2.15 bits per heavy atom. The van der Waals surface area contributed by atoms with E-state index in [0.717, 1.165) is 0 Å². The van der Waals surface area contributed by atoms with E-state index in [-0.39, 0.29) is 5.92 Å². The van der Waals surface area contributed by atoms with Gasteiger partial charge in [-0.25, -0.2) is 8.78 Å². The highest BCUT2D eigenvalue weighted by Crippen LogP contribution is 2.23. The van der Waals surface area contributed by atoms with Crippen LogP contribution in [0.2, 0.25) is 5.02 Å². The average Bonchev–Trinajstić information content (AvgIpc) is 2.30. The summed E-state index contributed by atoms with van der Waals surface area (Å²) in [5, 5.41) is 3.99. The maximum Gasteiger partial charge on any atom is 0.257 e. The van der Waals surface area contributed by atoms with E-state index in [1.807, 2.05) is 13.8 Å². The molecule has 0 aliphatic carbocycles. The van der Waals surface area contributed by atoms with Crippen LogP contribution in [0.1, 0.15) is 25.5 Å². The molecule has 0 aromatic carbocycles. The Balaban J connectivity index is 2.94. The summed E-state index contributed by atoms with van der Waals surface area (Å²) in [4.78, 5) is 0. The van der Waals surface area contributed by atoms with Crippen LogP contribution < -0.4 is 0 Å². The van der Waals surface area contributed by atoms with Gasteiger partial charge < -0.3 is 0 Å². The number of aromatic nitrogens is 2. The third-order valence-corrected chi connectivity index (χ3v) is 1.91. The molecule has 0 unspecified atom stereocenters. The zero-order valence-corrected chi connectivity index (χ0v) is 8.15. The predicted molar refractivity (Wildman–Crippen MR) is 46.2 cm³/mol. The van der Waals surface area contributed by atoms with Crippen molar-refractivity contribution in [3.63, 3.8) is 0 Å². The van der Waals surface area contributed by atoms with Crippen molar-refractivity contribution in [2.75, 3.05) is 0 Å². The first kappa shape index (κ1) is 10.4. The van der Waals surface area contributed by atoms with Crippen molar-refractivity contribution in [2.24, 2.45) is 0 Å². The first-order chi connectivity index (χ1) is 6.02. The molecule has 0 atom stereocenters. The van der Waals surface area contributed by atoms with Crippen LogP contribution in [0.25, 0.3) is 0 Å². The highest BCUT2D eigenvalue weighted by Gasteiger charge is 2.15. The molecule has 0 amide bonds. The molecule has 0 bridgehead atoms. The van der Waals surface area contributed by atoms with Crippen LogP contribution in [-0.2, 0) is 6.54 Å². The average molecular weight is 208 g/mol. The zero-order valence-electron chi connectivity index (χ0n) is 7.39. The summed E-state index contributed by atoms with van der Waals surface area (Å²) >= 11 is 5.74. The number of rotatable bonds is 3. The lowest BCUT2D eigenvalue weighted by atomic mass is 10.1. The largest absolute Gasteiger partial charge is 0.261 e. The molecule has 73 valence electrons. The van der Waals surface area contributed by atoms with Crippen LogP contribution in [-0.4, -0.2) is 16.2 Å². The number of hydrogen-bond acceptors (Lipinski definition) is 1. The van der Waals surface area contributed by atoms with E-state index in [0.29, 0.717) is 10.7 Å². The minimum absolute atomic E-state index is 0.0741. The van der Waals surface area contributed by atoms with Gasteiger partial charge in [0.15, 0.2) is 0 Å². The minimum atomic E-state index is -2.41. The lowest BCUT2D eigenvalue weighted by Gasteiger charge is -2.09. The smallest absolute Gasteiger partial charge is 0.257 e. The molecular weight excluding hydrogens is 198 g/mol. The Morgan fingerprint density at radius 3 is 2.62 bits per heavy atom. The van der Waals surface area contributed by atoms with Gasteiger partial charge in [0.2, 0.25) is 0 Å². The molecule has 0 saturated heterocycles. The topological polar surface area (TPSA) is 17.8 Å². The summed E-state index contributed by atoms with van der Waals surface area (Å²) in [7, 11) is 0. The normalized spacial score (nSPS) is 11.6. The Kier molecular flexibility index (Phi) is 3.25. The summed E-state index contributed by atoms with van der Waals surface area (Å²) < 4.78 is 25.3. The van der Waals surface area contributed by atoms with E-state index in [4.69, 9.17) is 11.6 Å². The third-order valence-electron chi connectivity index (χ3n) is 1.63. The van der Waals surface area contributed by atoms with Crippen molar-refractivity contribution < 1.29 is 8.78 Å². The number of nitrogens with zero attached hydrogens (tertiary/aromatic N) is 2. The molecule has 1 rings (SSSR count). The van der Waals surface area contributed by atoms with Gasteiger partial charge in [0.25, 0.3) is 6.43 Å². The van der Waals surface area contributed by atoms with Gasteiger partial charge in [-0.15, -0.1) is 0 Å². The summed E-state index contributed by atoms with van der Waals surface area (Å²) in [6, 6.07) is 0. The SMILES string of the molecule is CC(C)c1c(Cl)[c]nn1CC(F)F. The Hall–Kier alpha value is -0.640. The van der Waals surface area contributed by atoms with Gasteiger partial charge in [0.1, 0.15) is 12.7 Å². The molecule has 1 heterocycles. The maximum atomic E-state index is 12.1. The lowest BCUT2D eigenvalue weighted by molar-refractivity contribution is 0.120. The standard InChI is InChI=1S/C8H10ClF2N2/c1-5(2)8-6(9)3-12-13(8)4-7(10)11/h5,7H,4H2,1-2H3. The monoisotopic (exact) mass is 207 g/mol. The van der Waals surface area contributed by atoms with E-state index in [1.165, 1.54) is 4.68 Å². The summed E-state index contributed by atoms with van der Waals surface area (Å²) in [6.07, 6.45) is 0.0541. The van der Waals surface area contributed by atoms with Crippen LogP contribution in [0.3, 0.4) is 0 Å². The molecule has 2 nitrogen and oxygen atoms in total. The second-order valence-corrected chi connectivity index (χ2v) is 3.42. The van der Waals surface area contributed by atoms with Crippen molar-refractivity contribution in [1.82, 2.24) is 9.78 Å². The highest BCUT2D eigenvalue weighted by molar-refractivity contribution is 6.31. The third kappa shape index (κ3) is 2.40. The number of alkyl halides is 2. The van der Waals surface area contributed by atoms with Gasteiger partial charge in [-0.05, 0) is 5.92 Å². The van der Waals surface area contributed by atoms with Gasteiger partial charge in [-0.3, -0.25) is 4.68 Å². The van der Waals surface area contributed by atoms with E-state index >= 15 is 0 Å². The Labute approximate surface area is 80.5 Å². The number of halogens is 3. The fraction of sp³-hybridized carbons (Fsp3) is 0.625. The second-order valence-electron chi connectivity index (χ2n) is 3.04. The summed E-state index contributed by atoms with van der Waals surface area (Å²) in [6.45, 7) is 3.33. The fourth-order valence-electron chi connectivity index (χ4n) is 1.15. The summed E-state index contributed by atoms with van der Waals surface area (Å²) in [5.41, 5.74) is 0.613. The lowest BCUT2D eigenvalue weighted by Crippen LogP contribution is -2.12. The van der Waals surface area contributed by atoms with Gasteiger partial charge >= 0.3 is 0 Å². The second kappa shape index (κ2) is 4.05. The molecular formula is C8H10ClF2N2. The molecule has 0 N–H and O–H groups in total. The van der Waals surface area contributed by atoms with Crippen LogP contribution in [0, 0.1) is 6.20 Å². The van der Waals surface area contributed by atoms with E-state index < -0.39 is 13.0 Å². The first-order valence-corrected chi connectivity index (χ1v) is 4.32. The van der Waals surface area contributed by atoms with Crippen LogP contribution in [0.4, 0.5) is 8.78 Å². The molecule has 5 heteroatoms.